The van der Waals surface area contributed by atoms with Crippen LogP contribution in [0.15, 0.2) is 54.9 Å². The van der Waals surface area contributed by atoms with Crippen molar-refractivity contribution in [3.63, 3.8) is 0 Å². The molecule has 7 heteroatoms. The van der Waals surface area contributed by atoms with Gasteiger partial charge in [0.2, 0.25) is 0 Å². The van der Waals surface area contributed by atoms with Gasteiger partial charge in [-0.2, -0.15) is 0 Å². The Morgan fingerprint density at radius 1 is 1.20 bits per heavy atom. The summed E-state index contributed by atoms with van der Waals surface area (Å²) in [4.78, 5) is 12.3. The van der Waals surface area contributed by atoms with E-state index in [0.29, 0.717) is 12.1 Å². The molecule has 0 fully saturated rings. The summed E-state index contributed by atoms with van der Waals surface area (Å²) in [5.41, 5.74) is 2.51. The van der Waals surface area contributed by atoms with Gasteiger partial charge in [0.05, 0.1) is 12.8 Å². The van der Waals surface area contributed by atoms with E-state index in [0.717, 1.165) is 24.3 Å². The molecule has 0 aliphatic heterocycles. The van der Waals surface area contributed by atoms with E-state index in [1.807, 2.05) is 30.3 Å². The second-order valence-corrected chi connectivity index (χ2v) is 5.52. The Labute approximate surface area is 145 Å². The molecule has 3 rings (SSSR count). The lowest BCUT2D eigenvalue weighted by atomic mass is 10.1. The monoisotopic (exact) mass is 337 g/mol. The van der Waals surface area contributed by atoms with Crippen molar-refractivity contribution in [1.82, 2.24) is 25.5 Å². The van der Waals surface area contributed by atoms with Gasteiger partial charge in [-0.1, -0.05) is 18.2 Å². The highest BCUT2D eigenvalue weighted by atomic mass is 16.5. The third kappa shape index (κ3) is 4.41. The predicted octanol–water partition coefficient (Wildman–Crippen LogP) is 2.03. The number of nitrogens with one attached hydrogen (secondary N) is 1. The van der Waals surface area contributed by atoms with Crippen LogP contribution in [0.1, 0.15) is 22.3 Å². The number of hydrogen-bond donors (Lipinski definition) is 1. The maximum atomic E-state index is 12.3. The number of aryl methyl sites for hydroxylation is 1. The summed E-state index contributed by atoms with van der Waals surface area (Å²) >= 11 is 0. The first-order valence-electron chi connectivity index (χ1n) is 8.01. The van der Waals surface area contributed by atoms with Crippen molar-refractivity contribution in [2.24, 2.45) is 0 Å². The molecule has 0 saturated carbocycles. The molecule has 0 aliphatic rings. The number of amides is 1. The summed E-state index contributed by atoms with van der Waals surface area (Å²) in [5.74, 6) is 0.738. The highest BCUT2D eigenvalue weighted by molar-refractivity contribution is 5.94. The van der Waals surface area contributed by atoms with Gasteiger partial charge in [-0.05, 0) is 59.2 Å². The van der Waals surface area contributed by atoms with Crippen LogP contribution < -0.4 is 10.1 Å². The summed E-state index contributed by atoms with van der Waals surface area (Å²) in [6.45, 7) is 0.602. The molecular weight excluding hydrogens is 318 g/mol. The lowest BCUT2D eigenvalue weighted by molar-refractivity contribution is 0.0953. The van der Waals surface area contributed by atoms with E-state index < -0.39 is 0 Å². The zero-order valence-electron chi connectivity index (χ0n) is 13.9. The largest absolute Gasteiger partial charge is 0.497 e. The van der Waals surface area contributed by atoms with Crippen LogP contribution in [0.5, 0.6) is 5.75 Å². The third-order valence-corrected chi connectivity index (χ3v) is 3.78. The molecule has 0 spiro atoms. The van der Waals surface area contributed by atoms with E-state index in [9.17, 15) is 4.79 Å². The molecule has 0 bridgehead atoms. The first kappa shape index (κ1) is 16.6. The topological polar surface area (TPSA) is 81.9 Å². The number of hydrogen-bond acceptors (Lipinski definition) is 5. The van der Waals surface area contributed by atoms with Crippen LogP contribution in [0.4, 0.5) is 0 Å². The highest BCUT2D eigenvalue weighted by Crippen LogP contribution is 2.14. The molecule has 3 aromatic rings. The van der Waals surface area contributed by atoms with Gasteiger partial charge >= 0.3 is 0 Å². The van der Waals surface area contributed by atoms with Crippen molar-refractivity contribution in [3.8, 4) is 11.4 Å². The minimum Gasteiger partial charge on any atom is -0.497 e. The minimum atomic E-state index is -0.111. The van der Waals surface area contributed by atoms with E-state index in [2.05, 4.69) is 26.9 Å². The van der Waals surface area contributed by atoms with Crippen molar-refractivity contribution in [2.45, 2.75) is 12.8 Å². The number of carbonyl (C=O) groups excluding carboxylic acids is 1. The Hall–Kier alpha value is -3.22. The molecular formula is C18H19N5O2. The fourth-order valence-corrected chi connectivity index (χ4v) is 2.49. The van der Waals surface area contributed by atoms with Gasteiger partial charge in [-0.3, -0.25) is 4.79 Å². The number of tetrazole rings is 1. The van der Waals surface area contributed by atoms with Crippen LogP contribution in [0.3, 0.4) is 0 Å². The maximum Gasteiger partial charge on any atom is 0.251 e. The van der Waals surface area contributed by atoms with Crippen molar-refractivity contribution < 1.29 is 9.53 Å². The van der Waals surface area contributed by atoms with E-state index in [1.54, 1.807) is 19.2 Å². The Bertz CT molecular complexity index is 833. The van der Waals surface area contributed by atoms with Crippen molar-refractivity contribution in [3.05, 3.63) is 66.0 Å². The van der Waals surface area contributed by atoms with Crippen LogP contribution in [0.25, 0.3) is 5.69 Å². The molecule has 0 atom stereocenters. The fraction of sp³-hybridized carbons (Fsp3) is 0.222. The van der Waals surface area contributed by atoms with Gasteiger partial charge in [0.25, 0.3) is 5.91 Å². The first-order chi connectivity index (χ1) is 12.3. The molecule has 1 heterocycles. The van der Waals surface area contributed by atoms with Crippen molar-refractivity contribution in [2.75, 3.05) is 13.7 Å². The molecule has 0 radical (unpaired) electrons. The van der Waals surface area contributed by atoms with E-state index in [1.165, 1.54) is 16.6 Å². The number of nitrogens with zero attached hydrogens (tertiary/aromatic N) is 4. The lowest BCUT2D eigenvalue weighted by Gasteiger charge is -2.07. The van der Waals surface area contributed by atoms with E-state index >= 15 is 0 Å². The van der Waals surface area contributed by atoms with Crippen LogP contribution in [0.2, 0.25) is 0 Å². The van der Waals surface area contributed by atoms with Crippen molar-refractivity contribution >= 4 is 5.91 Å². The number of ether oxygens (including phenoxy) is 1. The van der Waals surface area contributed by atoms with Gasteiger partial charge in [0.15, 0.2) is 0 Å². The SMILES string of the molecule is COc1cccc(CCCNC(=O)c2cccc(-n3cnnn3)c2)c1. The van der Waals surface area contributed by atoms with Crippen LogP contribution in [-0.4, -0.2) is 39.8 Å². The molecule has 128 valence electrons. The normalized spacial score (nSPS) is 10.4. The van der Waals surface area contributed by atoms with Crippen LogP contribution in [0, 0.1) is 0 Å². The molecule has 0 unspecified atom stereocenters. The molecule has 1 amide bonds. The number of rotatable bonds is 7. The summed E-state index contributed by atoms with van der Waals surface area (Å²) in [6, 6.07) is 15.1. The standard InChI is InChI=1S/C18H19N5O2/c1-25-17-9-2-5-14(11-17)6-4-10-19-18(24)15-7-3-8-16(12-15)23-13-20-21-22-23/h2-3,5,7-9,11-13H,4,6,10H2,1H3,(H,19,24). The average molecular weight is 337 g/mol. The summed E-state index contributed by atoms with van der Waals surface area (Å²) in [5, 5.41) is 14.0. The Morgan fingerprint density at radius 3 is 2.88 bits per heavy atom. The lowest BCUT2D eigenvalue weighted by Crippen LogP contribution is -2.24. The quantitative estimate of drug-likeness (QED) is 0.667. The summed E-state index contributed by atoms with van der Waals surface area (Å²) in [7, 11) is 1.66. The number of benzene rings is 2. The van der Waals surface area contributed by atoms with E-state index in [4.69, 9.17) is 4.74 Å². The third-order valence-electron chi connectivity index (χ3n) is 3.78. The number of carbonyl (C=O) groups is 1. The predicted molar refractivity (Wildman–Crippen MR) is 92.8 cm³/mol. The van der Waals surface area contributed by atoms with Gasteiger partial charge in [-0.25, -0.2) is 4.68 Å². The number of aromatic nitrogens is 4. The van der Waals surface area contributed by atoms with Gasteiger partial charge in [-0.15, -0.1) is 5.10 Å². The smallest absolute Gasteiger partial charge is 0.251 e. The summed E-state index contributed by atoms with van der Waals surface area (Å²) in [6.07, 6.45) is 3.22. The van der Waals surface area contributed by atoms with Crippen LogP contribution >= 0.6 is 0 Å². The molecule has 2 aromatic carbocycles. The van der Waals surface area contributed by atoms with Crippen molar-refractivity contribution in [1.29, 1.82) is 0 Å². The first-order valence-corrected chi connectivity index (χ1v) is 8.01. The second-order valence-electron chi connectivity index (χ2n) is 5.52. The molecule has 7 nitrogen and oxygen atoms in total. The molecule has 1 N–H and O–H groups in total. The Balaban J connectivity index is 1.52. The Morgan fingerprint density at radius 2 is 2.08 bits per heavy atom. The average Bonchev–Trinajstić information content (AvgIpc) is 3.20. The summed E-state index contributed by atoms with van der Waals surface area (Å²) < 4.78 is 6.73. The van der Waals surface area contributed by atoms with Crippen LogP contribution in [-0.2, 0) is 6.42 Å². The highest BCUT2D eigenvalue weighted by Gasteiger charge is 2.07. The molecule has 0 aliphatic carbocycles. The molecule has 1 aromatic heterocycles. The zero-order chi connectivity index (χ0) is 17.5. The fourth-order valence-electron chi connectivity index (χ4n) is 2.49. The van der Waals surface area contributed by atoms with E-state index in [-0.39, 0.29) is 5.91 Å². The minimum absolute atomic E-state index is 0.111. The number of methoxy groups -OCH3 is 1. The van der Waals surface area contributed by atoms with Gasteiger partial charge in [0, 0.05) is 12.1 Å². The second kappa shape index (κ2) is 8.05. The molecule has 0 saturated heterocycles. The van der Waals surface area contributed by atoms with Gasteiger partial charge in [0.1, 0.15) is 12.1 Å². The molecule has 25 heavy (non-hydrogen) atoms. The van der Waals surface area contributed by atoms with Gasteiger partial charge < -0.3 is 10.1 Å². The maximum absolute atomic E-state index is 12.3. The Kier molecular flexibility index (Phi) is 5.36. The zero-order valence-corrected chi connectivity index (χ0v) is 13.9.